The van der Waals surface area contributed by atoms with E-state index in [1.54, 1.807) is 19.9 Å². The molecule has 0 saturated heterocycles. The SMILES string of the molecule is Cc1c(CNC[C@H](C)O)cccc1[N+](=O)[O-]. The van der Waals surface area contributed by atoms with E-state index in [0.29, 0.717) is 18.7 Å². The molecule has 2 N–H and O–H groups in total. The summed E-state index contributed by atoms with van der Waals surface area (Å²) in [6, 6.07) is 5.01. The lowest BCUT2D eigenvalue weighted by Crippen LogP contribution is -2.24. The van der Waals surface area contributed by atoms with Crippen LogP contribution in [0.1, 0.15) is 18.1 Å². The third-order valence-corrected chi connectivity index (χ3v) is 2.37. The van der Waals surface area contributed by atoms with Crippen LogP contribution in [0, 0.1) is 17.0 Å². The Morgan fingerprint density at radius 2 is 2.25 bits per heavy atom. The van der Waals surface area contributed by atoms with E-state index in [1.165, 1.54) is 6.07 Å². The Morgan fingerprint density at radius 3 is 2.81 bits per heavy atom. The van der Waals surface area contributed by atoms with Crippen molar-refractivity contribution in [3.8, 4) is 0 Å². The summed E-state index contributed by atoms with van der Waals surface area (Å²) >= 11 is 0. The van der Waals surface area contributed by atoms with Crippen LogP contribution in [0.25, 0.3) is 0 Å². The standard InChI is InChI=1S/C11H16N2O3/c1-8(14)6-12-7-10-4-3-5-11(9(10)2)13(15)16/h3-5,8,12,14H,6-7H2,1-2H3/t8-/m0/s1. The van der Waals surface area contributed by atoms with Gasteiger partial charge in [0, 0.05) is 24.7 Å². The fraction of sp³-hybridized carbons (Fsp3) is 0.455. The van der Waals surface area contributed by atoms with E-state index in [0.717, 1.165) is 5.56 Å². The molecule has 0 fully saturated rings. The Morgan fingerprint density at radius 1 is 1.56 bits per heavy atom. The molecule has 16 heavy (non-hydrogen) atoms. The number of rotatable bonds is 5. The van der Waals surface area contributed by atoms with Crippen LogP contribution in [0.2, 0.25) is 0 Å². The minimum absolute atomic E-state index is 0.136. The van der Waals surface area contributed by atoms with Gasteiger partial charge in [0.2, 0.25) is 0 Å². The molecular formula is C11H16N2O3. The van der Waals surface area contributed by atoms with Gasteiger partial charge in [-0.15, -0.1) is 0 Å². The molecule has 1 aromatic rings. The van der Waals surface area contributed by atoms with E-state index >= 15 is 0 Å². The molecule has 1 aromatic carbocycles. The van der Waals surface area contributed by atoms with Crippen molar-refractivity contribution in [2.75, 3.05) is 6.54 Å². The van der Waals surface area contributed by atoms with Gasteiger partial charge in [0.05, 0.1) is 11.0 Å². The average molecular weight is 224 g/mol. The molecule has 0 spiro atoms. The fourth-order valence-corrected chi connectivity index (χ4v) is 1.47. The average Bonchev–Trinajstić information content (AvgIpc) is 2.19. The third-order valence-electron chi connectivity index (χ3n) is 2.37. The van der Waals surface area contributed by atoms with Gasteiger partial charge in [0.25, 0.3) is 5.69 Å². The summed E-state index contributed by atoms with van der Waals surface area (Å²) < 4.78 is 0. The lowest BCUT2D eigenvalue weighted by molar-refractivity contribution is -0.385. The smallest absolute Gasteiger partial charge is 0.272 e. The second-order valence-corrected chi connectivity index (χ2v) is 3.80. The molecule has 0 aliphatic heterocycles. The number of benzene rings is 1. The molecule has 0 heterocycles. The van der Waals surface area contributed by atoms with Crippen LogP contribution in [-0.2, 0) is 6.54 Å². The van der Waals surface area contributed by atoms with Crippen LogP contribution in [0.5, 0.6) is 0 Å². The predicted molar refractivity (Wildman–Crippen MR) is 61.2 cm³/mol. The molecule has 0 unspecified atom stereocenters. The minimum atomic E-state index is -0.418. The van der Waals surface area contributed by atoms with Crippen molar-refractivity contribution in [2.45, 2.75) is 26.5 Å². The highest BCUT2D eigenvalue weighted by Crippen LogP contribution is 2.20. The van der Waals surface area contributed by atoms with Crippen LogP contribution in [-0.4, -0.2) is 22.7 Å². The molecule has 0 bridgehead atoms. The maximum absolute atomic E-state index is 10.7. The molecule has 0 aromatic heterocycles. The molecule has 1 atom stereocenters. The van der Waals surface area contributed by atoms with Crippen molar-refractivity contribution in [2.24, 2.45) is 0 Å². The number of nitro benzene ring substituents is 1. The van der Waals surface area contributed by atoms with Crippen LogP contribution in [0.3, 0.4) is 0 Å². The summed E-state index contributed by atoms with van der Waals surface area (Å²) in [5, 5.41) is 22.8. The highest BCUT2D eigenvalue weighted by molar-refractivity contribution is 5.44. The van der Waals surface area contributed by atoms with E-state index in [1.807, 2.05) is 6.07 Å². The number of nitrogens with zero attached hydrogens (tertiary/aromatic N) is 1. The van der Waals surface area contributed by atoms with E-state index in [2.05, 4.69) is 5.32 Å². The maximum Gasteiger partial charge on any atom is 0.272 e. The van der Waals surface area contributed by atoms with Gasteiger partial charge in [-0.05, 0) is 19.4 Å². The zero-order valence-electron chi connectivity index (χ0n) is 9.43. The number of aliphatic hydroxyl groups is 1. The van der Waals surface area contributed by atoms with Crippen LogP contribution < -0.4 is 5.32 Å². The van der Waals surface area contributed by atoms with Crippen molar-refractivity contribution in [3.05, 3.63) is 39.4 Å². The summed E-state index contributed by atoms with van der Waals surface area (Å²) in [4.78, 5) is 10.3. The van der Waals surface area contributed by atoms with Crippen LogP contribution in [0.4, 0.5) is 5.69 Å². The Balaban J connectivity index is 2.73. The largest absolute Gasteiger partial charge is 0.392 e. The van der Waals surface area contributed by atoms with Crippen molar-refractivity contribution in [3.63, 3.8) is 0 Å². The molecule has 1 rings (SSSR count). The van der Waals surface area contributed by atoms with Gasteiger partial charge in [-0.1, -0.05) is 12.1 Å². The Kier molecular flexibility index (Phi) is 4.39. The quantitative estimate of drug-likeness (QED) is 0.585. The number of hydrogen-bond acceptors (Lipinski definition) is 4. The molecule has 0 aliphatic carbocycles. The number of hydrogen-bond donors (Lipinski definition) is 2. The first kappa shape index (κ1) is 12.6. The molecule has 5 nitrogen and oxygen atoms in total. The highest BCUT2D eigenvalue weighted by atomic mass is 16.6. The number of nitro groups is 1. The van der Waals surface area contributed by atoms with Crippen molar-refractivity contribution < 1.29 is 10.0 Å². The molecular weight excluding hydrogens is 208 g/mol. The Hall–Kier alpha value is -1.46. The van der Waals surface area contributed by atoms with Gasteiger partial charge >= 0.3 is 0 Å². The lowest BCUT2D eigenvalue weighted by Gasteiger charge is -2.09. The second-order valence-electron chi connectivity index (χ2n) is 3.80. The zero-order chi connectivity index (χ0) is 12.1. The highest BCUT2D eigenvalue weighted by Gasteiger charge is 2.12. The molecule has 0 saturated carbocycles. The fourth-order valence-electron chi connectivity index (χ4n) is 1.47. The minimum Gasteiger partial charge on any atom is -0.392 e. The molecule has 0 radical (unpaired) electrons. The Bertz CT molecular complexity index is 377. The second kappa shape index (κ2) is 5.58. The summed E-state index contributed by atoms with van der Waals surface area (Å²) in [5.74, 6) is 0. The third kappa shape index (κ3) is 3.29. The number of nitrogens with one attached hydrogen (secondary N) is 1. The van der Waals surface area contributed by atoms with Gasteiger partial charge in [-0.2, -0.15) is 0 Å². The molecule has 5 heteroatoms. The zero-order valence-corrected chi connectivity index (χ0v) is 9.43. The monoisotopic (exact) mass is 224 g/mol. The summed E-state index contributed by atoms with van der Waals surface area (Å²) in [6.45, 7) is 4.42. The van der Waals surface area contributed by atoms with Gasteiger partial charge < -0.3 is 10.4 Å². The van der Waals surface area contributed by atoms with Gasteiger partial charge in [-0.25, -0.2) is 0 Å². The van der Waals surface area contributed by atoms with E-state index in [-0.39, 0.29) is 10.6 Å². The first-order valence-electron chi connectivity index (χ1n) is 5.14. The maximum atomic E-state index is 10.7. The van der Waals surface area contributed by atoms with Gasteiger partial charge in [0.15, 0.2) is 0 Å². The van der Waals surface area contributed by atoms with Crippen molar-refractivity contribution >= 4 is 5.69 Å². The number of aliphatic hydroxyl groups excluding tert-OH is 1. The van der Waals surface area contributed by atoms with Crippen molar-refractivity contribution in [1.29, 1.82) is 0 Å². The first-order chi connectivity index (χ1) is 7.52. The topological polar surface area (TPSA) is 75.4 Å². The predicted octanol–water partition coefficient (Wildman–Crippen LogP) is 1.37. The van der Waals surface area contributed by atoms with E-state index < -0.39 is 6.10 Å². The lowest BCUT2D eigenvalue weighted by atomic mass is 10.1. The summed E-state index contributed by atoms with van der Waals surface area (Å²) in [5.41, 5.74) is 1.69. The summed E-state index contributed by atoms with van der Waals surface area (Å²) in [6.07, 6.45) is -0.418. The Labute approximate surface area is 94.3 Å². The van der Waals surface area contributed by atoms with Crippen molar-refractivity contribution in [1.82, 2.24) is 5.32 Å². The van der Waals surface area contributed by atoms with E-state index in [4.69, 9.17) is 5.11 Å². The van der Waals surface area contributed by atoms with Crippen LogP contribution >= 0.6 is 0 Å². The van der Waals surface area contributed by atoms with E-state index in [9.17, 15) is 10.1 Å². The van der Waals surface area contributed by atoms with Crippen LogP contribution in [0.15, 0.2) is 18.2 Å². The molecule has 0 aliphatic rings. The summed E-state index contributed by atoms with van der Waals surface area (Å²) in [7, 11) is 0. The van der Waals surface area contributed by atoms with Gasteiger partial charge in [0.1, 0.15) is 0 Å². The molecule has 88 valence electrons. The van der Waals surface area contributed by atoms with Gasteiger partial charge in [-0.3, -0.25) is 10.1 Å². The first-order valence-corrected chi connectivity index (χ1v) is 5.14. The molecule has 0 amide bonds. The normalized spacial score (nSPS) is 12.4.